The molecule has 0 saturated carbocycles. The molecule has 0 aromatic heterocycles. The van der Waals surface area contributed by atoms with Crippen LogP contribution in [0.5, 0.6) is 0 Å². The first-order chi connectivity index (χ1) is 5.83. The average molecular weight is 160 g/mol. The van der Waals surface area contributed by atoms with E-state index in [1.165, 1.54) is 5.56 Å². The fraction of sp³-hybridized carbons (Fsp3) is 0.200. The van der Waals surface area contributed by atoms with Crippen LogP contribution < -0.4 is 11.1 Å². The molecule has 0 aliphatic carbocycles. The van der Waals surface area contributed by atoms with E-state index < -0.39 is 0 Å². The van der Waals surface area contributed by atoms with Crippen molar-refractivity contribution < 1.29 is 0 Å². The van der Waals surface area contributed by atoms with Crippen LogP contribution in [0.15, 0.2) is 24.3 Å². The Morgan fingerprint density at radius 2 is 2.00 bits per heavy atom. The molecule has 0 unspecified atom stereocenters. The number of rotatable bonds is 2. The topological polar surface area (TPSA) is 38.0 Å². The lowest BCUT2D eigenvalue weighted by molar-refractivity contribution is 0.900. The number of benzene rings is 1. The smallest absolute Gasteiger partial charge is 0.0480 e. The minimum atomic E-state index is 0.765. The Morgan fingerprint density at radius 1 is 1.33 bits per heavy atom. The van der Waals surface area contributed by atoms with Crippen LogP contribution in [0.25, 0.3) is 0 Å². The van der Waals surface area contributed by atoms with Crippen molar-refractivity contribution in [3.63, 3.8) is 0 Å². The van der Waals surface area contributed by atoms with E-state index in [-0.39, 0.29) is 0 Å². The number of nitrogen functional groups attached to an aromatic ring is 1. The maximum atomic E-state index is 5.53. The van der Waals surface area contributed by atoms with Gasteiger partial charge >= 0.3 is 0 Å². The summed E-state index contributed by atoms with van der Waals surface area (Å²) < 4.78 is 0. The lowest BCUT2D eigenvalue weighted by atomic mass is 10.2. The van der Waals surface area contributed by atoms with Crippen LogP contribution in [-0.2, 0) is 6.54 Å². The molecular formula is C10H12N2. The zero-order valence-corrected chi connectivity index (χ0v) is 7.09. The van der Waals surface area contributed by atoms with Crippen molar-refractivity contribution in [2.45, 2.75) is 13.5 Å². The first kappa shape index (κ1) is 8.48. The normalized spacial score (nSPS) is 8.42. The highest BCUT2D eigenvalue weighted by Crippen LogP contribution is 2.04. The Balaban J connectivity index is 2.51. The molecule has 1 aromatic rings. The quantitative estimate of drug-likeness (QED) is 0.389. The largest absolute Gasteiger partial charge is 0.399 e. The SMILES string of the molecule is CC#CNCc1ccc(N)cc1. The molecule has 0 radical (unpaired) electrons. The van der Waals surface area contributed by atoms with Gasteiger partial charge in [-0.05, 0) is 24.6 Å². The molecule has 0 atom stereocenters. The number of nitrogens with one attached hydrogen (secondary N) is 1. The first-order valence-electron chi connectivity index (χ1n) is 3.82. The van der Waals surface area contributed by atoms with E-state index >= 15 is 0 Å². The van der Waals surface area contributed by atoms with Gasteiger partial charge in [-0.1, -0.05) is 18.1 Å². The predicted molar refractivity (Wildman–Crippen MR) is 51.1 cm³/mol. The summed E-state index contributed by atoms with van der Waals surface area (Å²) in [5.41, 5.74) is 7.51. The monoisotopic (exact) mass is 160 g/mol. The standard InChI is InChI=1S/C10H12N2/c1-2-7-12-8-9-3-5-10(11)6-4-9/h3-6,12H,8,11H2,1H3. The van der Waals surface area contributed by atoms with Crippen LogP contribution in [0.4, 0.5) is 5.69 Å². The van der Waals surface area contributed by atoms with Crippen molar-refractivity contribution >= 4 is 5.69 Å². The van der Waals surface area contributed by atoms with Crippen LogP contribution in [0.2, 0.25) is 0 Å². The van der Waals surface area contributed by atoms with E-state index in [2.05, 4.69) is 17.3 Å². The summed E-state index contributed by atoms with van der Waals surface area (Å²) in [5, 5.41) is 2.97. The van der Waals surface area contributed by atoms with Gasteiger partial charge in [-0.3, -0.25) is 0 Å². The molecule has 1 rings (SSSR count). The highest BCUT2D eigenvalue weighted by Gasteiger charge is 1.88. The molecule has 62 valence electrons. The zero-order chi connectivity index (χ0) is 8.81. The molecular weight excluding hydrogens is 148 g/mol. The summed E-state index contributed by atoms with van der Waals surface area (Å²) in [6.45, 7) is 2.57. The van der Waals surface area contributed by atoms with Gasteiger partial charge in [0.1, 0.15) is 0 Å². The fourth-order valence-corrected chi connectivity index (χ4v) is 0.870. The lowest BCUT2D eigenvalue weighted by Gasteiger charge is -1.99. The molecule has 3 N–H and O–H groups in total. The van der Waals surface area contributed by atoms with Crippen molar-refractivity contribution in [3.8, 4) is 12.0 Å². The van der Waals surface area contributed by atoms with E-state index in [9.17, 15) is 0 Å². The minimum Gasteiger partial charge on any atom is -0.399 e. The summed E-state index contributed by atoms with van der Waals surface area (Å²) in [5.74, 6) is 2.76. The van der Waals surface area contributed by atoms with E-state index in [4.69, 9.17) is 5.73 Å². The van der Waals surface area contributed by atoms with E-state index in [1.807, 2.05) is 24.3 Å². The Morgan fingerprint density at radius 3 is 2.58 bits per heavy atom. The third-order valence-corrected chi connectivity index (χ3v) is 1.49. The molecule has 0 aliphatic heterocycles. The van der Waals surface area contributed by atoms with E-state index in [1.54, 1.807) is 6.92 Å². The van der Waals surface area contributed by atoms with Gasteiger partial charge in [-0.2, -0.15) is 0 Å². The molecule has 12 heavy (non-hydrogen) atoms. The van der Waals surface area contributed by atoms with Gasteiger partial charge in [-0.25, -0.2) is 0 Å². The average Bonchev–Trinajstić information content (AvgIpc) is 2.09. The molecule has 0 bridgehead atoms. The second-order valence-corrected chi connectivity index (χ2v) is 2.47. The zero-order valence-electron chi connectivity index (χ0n) is 7.09. The number of nitrogens with two attached hydrogens (primary N) is 1. The molecule has 0 fully saturated rings. The summed E-state index contributed by atoms with van der Waals surface area (Å²) in [6.07, 6.45) is 0. The molecule has 0 aliphatic rings. The van der Waals surface area contributed by atoms with Crippen LogP contribution in [0, 0.1) is 12.0 Å². The number of anilines is 1. The molecule has 1 aromatic carbocycles. The van der Waals surface area contributed by atoms with Crippen molar-refractivity contribution in [1.82, 2.24) is 5.32 Å². The fourth-order valence-electron chi connectivity index (χ4n) is 0.870. The van der Waals surface area contributed by atoms with Gasteiger partial charge in [0.2, 0.25) is 0 Å². The predicted octanol–water partition coefficient (Wildman–Crippen LogP) is 1.34. The molecule has 0 spiro atoms. The van der Waals surface area contributed by atoms with Gasteiger partial charge in [0.25, 0.3) is 0 Å². The Bertz CT molecular complexity index is 290. The Labute approximate surface area is 72.8 Å². The molecule has 0 saturated heterocycles. The maximum absolute atomic E-state index is 5.53. The Hall–Kier alpha value is -1.62. The molecule has 2 heteroatoms. The minimum absolute atomic E-state index is 0.765. The van der Waals surface area contributed by atoms with Gasteiger partial charge < -0.3 is 11.1 Å². The summed E-state index contributed by atoms with van der Waals surface area (Å²) >= 11 is 0. The van der Waals surface area contributed by atoms with Crippen LogP contribution in [0.3, 0.4) is 0 Å². The highest BCUT2D eigenvalue weighted by molar-refractivity contribution is 5.39. The highest BCUT2D eigenvalue weighted by atomic mass is 14.8. The van der Waals surface area contributed by atoms with Gasteiger partial charge in [0.05, 0.1) is 0 Å². The van der Waals surface area contributed by atoms with Crippen molar-refractivity contribution in [3.05, 3.63) is 29.8 Å². The first-order valence-corrected chi connectivity index (χ1v) is 3.82. The lowest BCUT2D eigenvalue weighted by Crippen LogP contribution is -2.04. The van der Waals surface area contributed by atoms with Gasteiger partial charge in [0.15, 0.2) is 0 Å². The van der Waals surface area contributed by atoms with Crippen LogP contribution >= 0.6 is 0 Å². The molecule has 0 heterocycles. The van der Waals surface area contributed by atoms with Crippen molar-refractivity contribution in [1.29, 1.82) is 0 Å². The van der Waals surface area contributed by atoms with E-state index in [0.717, 1.165) is 12.2 Å². The van der Waals surface area contributed by atoms with E-state index in [0.29, 0.717) is 0 Å². The third kappa shape index (κ3) is 2.55. The molecule has 0 amide bonds. The third-order valence-electron chi connectivity index (χ3n) is 1.49. The van der Waals surface area contributed by atoms with Crippen LogP contribution in [-0.4, -0.2) is 0 Å². The summed E-state index contributed by atoms with van der Waals surface area (Å²) in [4.78, 5) is 0. The number of hydrogen-bond acceptors (Lipinski definition) is 2. The maximum Gasteiger partial charge on any atom is 0.0480 e. The second-order valence-electron chi connectivity index (χ2n) is 2.47. The number of hydrogen-bond donors (Lipinski definition) is 2. The Kier molecular flexibility index (Phi) is 3.04. The van der Waals surface area contributed by atoms with Crippen molar-refractivity contribution in [2.24, 2.45) is 0 Å². The van der Waals surface area contributed by atoms with Crippen molar-refractivity contribution in [2.75, 3.05) is 5.73 Å². The summed E-state index contributed by atoms with van der Waals surface area (Å²) in [7, 11) is 0. The second kappa shape index (κ2) is 4.30. The molecule has 2 nitrogen and oxygen atoms in total. The van der Waals surface area contributed by atoms with Gasteiger partial charge in [0, 0.05) is 18.3 Å². The summed E-state index contributed by atoms with van der Waals surface area (Å²) in [6, 6.07) is 10.5. The van der Waals surface area contributed by atoms with Gasteiger partial charge in [-0.15, -0.1) is 0 Å². The van der Waals surface area contributed by atoms with Crippen LogP contribution in [0.1, 0.15) is 12.5 Å².